The molecule has 8 heteroatoms. The molecule has 0 aliphatic carbocycles. The van der Waals surface area contributed by atoms with E-state index in [-0.39, 0.29) is 11.5 Å². The summed E-state index contributed by atoms with van der Waals surface area (Å²) in [4.78, 5) is 4.55. The monoisotopic (exact) mass is 479 g/mol. The summed E-state index contributed by atoms with van der Waals surface area (Å²) in [7, 11) is 1.56. The van der Waals surface area contributed by atoms with Gasteiger partial charge in [-0.15, -0.1) is 10.2 Å². The van der Waals surface area contributed by atoms with E-state index in [1.807, 2.05) is 71.1 Å². The van der Waals surface area contributed by atoms with Crippen LogP contribution in [0.2, 0.25) is 0 Å². The third-order valence-electron chi connectivity index (χ3n) is 5.88. The third kappa shape index (κ3) is 4.36. The van der Waals surface area contributed by atoms with Crippen LogP contribution in [0.15, 0.2) is 78.7 Å². The number of hydrogen-bond acceptors (Lipinski definition) is 7. The van der Waals surface area contributed by atoms with Gasteiger partial charge in [0.15, 0.2) is 5.65 Å². The molecule has 0 unspecified atom stereocenters. The van der Waals surface area contributed by atoms with Crippen LogP contribution < -0.4 is 9.47 Å². The molecular weight excluding hydrogens is 454 g/mol. The Kier molecular flexibility index (Phi) is 6.08. The van der Waals surface area contributed by atoms with Crippen LogP contribution in [-0.4, -0.2) is 37.5 Å². The molecule has 0 aliphatic rings. The molecule has 180 valence electrons. The van der Waals surface area contributed by atoms with Crippen LogP contribution in [0, 0.1) is 5.41 Å². The SMILES string of the molecule is COc1cc2c(cc1/C(C(C)=N)=C(\C)O)ncc1nnc(Cc3ccc(Oc4ccccc4)cc3)n12. The number of aromatic nitrogens is 4. The van der Waals surface area contributed by atoms with Crippen LogP contribution in [0.25, 0.3) is 22.3 Å². The van der Waals surface area contributed by atoms with E-state index in [4.69, 9.17) is 14.9 Å². The topological polar surface area (TPSA) is 106 Å². The predicted molar refractivity (Wildman–Crippen MR) is 139 cm³/mol. The highest BCUT2D eigenvalue weighted by atomic mass is 16.5. The van der Waals surface area contributed by atoms with Crippen molar-refractivity contribution in [3.63, 3.8) is 0 Å². The van der Waals surface area contributed by atoms with E-state index in [1.54, 1.807) is 27.2 Å². The van der Waals surface area contributed by atoms with Crippen LogP contribution in [0.3, 0.4) is 0 Å². The maximum Gasteiger partial charge on any atom is 0.179 e. The van der Waals surface area contributed by atoms with Gasteiger partial charge in [0.1, 0.15) is 23.1 Å². The number of para-hydroxylation sites is 1. The first-order valence-electron chi connectivity index (χ1n) is 11.4. The van der Waals surface area contributed by atoms with Crippen LogP contribution in [0.1, 0.15) is 30.8 Å². The van der Waals surface area contributed by atoms with Crippen LogP contribution >= 0.6 is 0 Å². The van der Waals surface area contributed by atoms with Crippen molar-refractivity contribution in [2.45, 2.75) is 20.3 Å². The number of rotatable bonds is 7. The minimum Gasteiger partial charge on any atom is -0.512 e. The molecule has 0 fully saturated rings. The van der Waals surface area contributed by atoms with Crippen molar-refractivity contribution in [3.8, 4) is 17.2 Å². The molecule has 0 atom stereocenters. The van der Waals surface area contributed by atoms with Crippen molar-refractivity contribution < 1.29 is 14.6 Å². The van der Waals surface area contributed by atoms with Gasteiger partial charge in [-0.1, -0.05) is 30.3 Å². The van der Waals surface area contributed by atoms with Crippen molar-refractivity contribution in [2.75, 3.05) is 7.11 Å². The number of methoxy groups -OCH3 is 1. The molecule has 5 aromatic rings. The summed E-state index contributed by atoms with van der Waals surface area (Å²) in [5.74, 6) is 2.86. The quantitative estimate of drug-likeness (QED) is 0.219. The number of nitrogens with zero attached hydrogens (tertiary/aromatic N) is 4. The highest BCUT2D eigenvalue weighted by molar-refractivity contribution is 6.22. The predicted octanol–water partition coefficient (Wildman–Crippen LogP) is 6.00. The van der Waals surface area contributed by atoms with Gasteiger partial charge in [0.25, 0.3) is 0 Å². The Labute approximate surface area is 208 Å². The van der Waals surface area contributed by atoms with Gasteiger partial charge in [-0.3, -0.25) is 9.38 Å². The second-order valence-electron chi connectivity index (χ2n) is 8.43. The van der Waals surface area contributed by atoms with E-state index in [1.165, 1.54) is 0 Å². The third-order valence-corrected chi connectivity index (χ3v) is 5.88. The Bertz CT molecular complexity index is 1600. The van der Waals surface area contributed by atoms with Crippen molar-refractivity contribution >= 4 is 28.0 Å². The van der Waals surface area contributed by atoms with Gasteiger partial charge in [-0.05, 0) is 49.7 Å². The first-order valence-corrected chi connectivity index (χ1v) is 11.4. The minimum atomic E-state index is 0.0471. The summed E-state index contributed by atoms with van der Waals surface area (Å²) < 4.78 is 13.5. The average Bonchev–Trinajstić information content (AvgIpc) is 3.28. The number of hydrogen-bond donors (Lipinski definition) is 2. The highest BCUT2D eigenvalue weighted by Crippen LogP contribution is 2.33. The second kappa shape index (κ2) is 9.50. The Morgan fingerprint density at radius 1 is 0.972 bits per heavy atom. The summed E-state index contributed by atoms with van der Waals surface area (Å²) in [5.41, 5.74) is 4.37. The number of allylic oxidation sites excluding steroid dienone is 2. The average molecular weight is 480 g/mol. The second-order valence-corrected chi connectivity index (χ2v) is 8.43. The Morgan fingerprint density at radius 2 is 1.69 bits per heavy atom. The maximum atomic E-state index is 10.2. The number of aliphatic hydroxyl groups excluding tert-OH is 1. The van der Waals surface area contributed by atoms with Crippen molar-refractivity contribution in [1.82, 2.24) is 19.6 Å². The van der Waals surface area contributed by atoms with E-state index in [0.29, 0.717) is 34.5 Å². The lowest BCUT2D eigenvalue weighted by Crippen LogP contribution is -2.04. The van der Waals surface area contributed by atoms with Gasteiger partial charge in [-0.25, -0.2) is 0 Å². The normalized spacial score (nSPS) is 12.0. The molecule has 0 saturated heterocycles. The first kappa shape index (κ1) is 23.0. The van der Waals surface area contributed by atoms with Gasteiger partial charge in [0.2, 0.25) is 0 Å². The van der Waals surface area contributed by atoms with Crippen molar-refractivity contribution in [3.05, 3.63) is 95.6 Å². The smallest absolute Gasteiger partial charge is 0.179 e. The van der Waals surface area contributed by atoms with Crippen LogP contribution in [0.5, 0.6) is 17.2 Å². The summed E-state index contributed by atoms with van der Waals surface area (Å²) in [6, 6.07) is 21.2. The van der Waals surface area contributed by atoms with Crippen LogP contribution in [-0.2, 0) is 6.42 Å². The number of benzene rings is 3. The lowest BCUT2D eigenvalue weighted by atomic mass is 9.99. The molecule has 3 aromatic carbocycles. The molecule has 2 aromatic heterocycles. The fourth-order valence-electron chi connectivity index (χ4n) is 4.27. The zero-order valence-electron chi connectivity index (χ0n) is 20.2. The van der Waals surface area contributed by atoms with Gasteiger partial charge < -0.3 is 20.0 Å². The molecular formula is C28H25N5O3. The molecule has 5 rings (SSSR count). The minimum absolute atomic E-state index is 0.0471. The van der Waals surface area contributed by atoms with E-state index in [2.05, 4.69) is 15.2 Å². The Morgan fingerprint density at radius 3 is 2.36 bits per heavy atom. The molecule has 0 saturated carbocycles. The number of fused-ring (bicyclic) bond motifs is 3. The van der Waals surface area contributed by atoms with Crippen molar-refractivity contribution in [2.24, 2.45) is 0 Å². The van der Waals surface area contributed by atoms with Crippen molar-refractivity contribution in [1.29, 1.82) is 5.41 Å². The molecule has 2 N–H and O–H groups in total. The van der Waals surface area contributed by atoms with E-state index in [9.17, 15) is 5.11 Å². The highest BCUT2D eigenvalue weighted by Gasteiger charge is 2.18. The zero-order valence-corrected chi connectivity index (χ0v) is 20.2. The Hall–Kier alpha value is -4.72. The van der Waals surface area contributed by atoms with E-state index >= 15 is 0 Å². The van der Waals surface area contributed by atoms with E-state index in [0.717, 1.165) is 28.4 Å². The number of nitrogens with one attached hydrogen (secondary N) is 1. The fraction of sp³-hybridized carbons (Fsp3) is 0.143. The molecule has 0 bridgehead atoms. The van der Waals surface area contributed by atoms with Gasteiger partial charge in [-0.2, -0.15) is 0 Å². The van der Waals surface area contributed by atoms with Gasteiger partial charge in [0, 0.05) is 29.3 Å². The van der Waals surface area contributed by atoms with Crippen LogP contribution in [0.4, 0.5) is 0 Å². The number of ether oxygens (including phenoxy) is 2. The van der Waals surface area contributed by atoms with Gasteiger partial charge in [0.05, 0.1) is 30.1 Å². The Balaban J connectivity index is 1.53. The lowest BCUT2D eigenvalue weighted by Gasteiger charge is -2.14. The molecule has 8 nitrogen and oxygen atoms in total. The lowest BCUT2D eigenvalue weighted by molar-refractivity contribution is 0.409. The summed E-state index contributed by atoms with van der Waals surface area (Å²) >= 11 is 0. The molecule has 0 spiro atoms. The summed E-state index contributed by atoms with van der Waals surface area (Å²) in [6.45, 7) is 3.19. The molecule has 36 heavy (non-hydrogen) atoms. The number of aliphatic hydroxyl groups is 1. The van der Waals surface area contributed by atoms with Gasteiger partial charge >= 0.3 is 0 Å². The maximum absolute atomic E-state index is 10.2. The molecule has 0 aliphatic heterocycles. The summed E-state index contributed by atoms with van der Waals surface area (Å²) in [5, 5.41) is 27.0. The standard InChI is InChI=1S/C28H25N5O3/c1-17(29)28(18(2)34)22-14-23-24(15-25(22)35-3)33-26(31-32-27(33)16-30-23)13-19-9-11-21(12-10-19)36-20-7-5-4-6-8-20/h4-12,14-16,29,34H,13H2,1-3H3/b28-18+,29-17?. The fourth-order valence-corrected chi connectivity index (χ4v) is 4.27. The molecule has 2 heterocycles. The first-order chi connectivity index (χ1) is 17.4. The molecule has 0 amide bonds. The van der Waals surface area contributed by atoms with E-state index < -0.39 is 0 Å². The molecule has 0 radical (unpaired) electrons. The largest absolute Gasteiger partial charge is 0.512 e. The zero-order chi connectivity index (χ0) is 25.2. The summed E-state index contributed by atoms with van der Waals surface area (Å²) in [6.07, 6.45) is 2.22.